The number of aryl methyl sites for hydroxylation is 1. The van der Waals surface area contributed by atoms with Crippen molar-refractivity contribution in [1.82, 2.24) is 19.9 Å². The van der Waals surface area contributed by atoms with E-state index in [1.807, 2.05) is 0 Å². The molecular formula is C20H18FN5O2. The van der Waals surface area contributed by atoms with Gasteiger partial charge in [0.05, 0.1) is 29.8 Å². The molecule has 0 aliphatic heterocycles. The number of methoxy groups -OCH3 is 1. The number of carbonyl (C=O) groups excluding carboxylic acids is 1. The molecule has 0 saturated heterocycles. The summed E-state index contributed by atoms with van der Waals surface area (Å²) in [5, 5.41) is 0. The highest BCUT2D eigenvalue weighted by molar-refractivity contribution is 6.00. The van der Waals surface area contributed by atoms with Gasteiger partial charge < -0.3 is 10.5 Å². The first kappa shape index (κ1) is 18.0. The number of ether oxygens (including phenoxy) is 1. The molecule has 2 aromatic heterocycles. The molecule has 1 unspecified atom stereocenters. The van der Waals surface area contributed by atoms with Crippen molar-refractivity contribution in [3.8, 4) is 17.3 Å². The first-order chi connectivity index (χ1) is 13.5. The predicted molar refractivity (Wildman–Crippen MR) is 101 cm³/mol. The third kappa shape index (κ3) is 3.17. The van der Waals surface area contributed by atoms with Gasteiger partial charge in [-0.2, -0.15) is 4.98 Å². The van der Waals surface area contributed by atoms with Crippen LogP contribution in [0.3, 0.4) is 0 Å². The number of fused-ring (bicyclic) bond motifs is 1. The molecule has 3 aromatic rings. The maximum Gasteiger partial charge on any atom is 0.316 e. The van der Waals surface area contributed by atoms with Crippen LogP contribution in [0.4, 0.5) is 10.3 Å². The van der Waals surface area contributed by atoms with Crippen molar-refractivity contribution in [2.24, 2.45) is 0 Å². The van der Waals surface area contributed by atoms with Gasteiger partial charge in [0, 0.05) is 18.2 Å². The Balaban J connectivity index is 1.81. The third-order valence-electron chi connectivity index (χ3n) is 4.88. The minimum absolute atomic E-state index is 0.0423. The SMILES string of the molecule is COc1nccc(-c2cc(F)ccc2C2CC(=O)c3c(C)nc(N)nc3C2)n1. The van der Waals surface area contributed by atoms with Crippen LogP contribution in [0.15, 0.2) is 30.5 Å². The van der Waals surface area contributed by atoms with Crippen molar-refractivity contribution < 1.29 is 13.9 Å². The van der Waals surface area contributed by atoms with Gasteiger partial charge in [-0.15, -0.1) is 0 Å². The smallest absolute Gasteiger partial charge is 0.316 e. The Labute approximate surface area is 160 Å². The van der Waals surface area contributed by atoms with Gasteiger partial charge in [-0.1, -0.05) is 6.07 Å². The molecule has 2 N–H and O–H groups in total. The minimum atomic E-state index is -0.388. The van der Waals surface area contributed by atoms with E-state index >= 15 is 0 Å². The summed E-state index contributed by atoms with van der Waals surface area (Å²) in [6, 6.07) is 6.37. The van der Waals surface area contributed by atoms with E-state index in [0.29, 0.717) is 34.6 Å². The van der Waals surface area contributed by atoms with Crippen molar-refractivity contribution in [3.05, 3.63) is 58.8 Å². The summed E-state index contributed by atoms with van der Waals surface area (Å²) in [4.78, 5) is 29.5. The normalized spacial score (nSPS) is 16.0. The van der Waals surface area contributed by atoms with E-state index < -0.39 is 0 Å². The third-order valence-corrected chi connectivity index (χ3v) is 4.88. The molecule has 1 atom stereocenters. The zero-order chi connectivity index (χ0) is 19.8. The number of hydrogen-bond acceptors (Lipinski definition) is 7. The van der Waals surface area contributed by atoms with Crippen LogP contribution in [0.5, 0.6) is 6.01 Å². The number of halogens is 1. The summed E-state index contributed by atoms with van der Waals surface area (Å²) < 4.78 is 19.1. The van der Waals surface area contributed by atoms with Crippen molar-refractivity contribution in [1.29, 1.82) is 0 Å². The van der Waals surface area contributed by atoms with E-state index in [2.05, 4.69) is 19.9 Å². The summed E-state index contributed by atoms with van der Waals surface area (Å²) in [5.74, 6) is -0.463. The predicted octanol–water partition coefficient (Wildman–Crippen LogP) is 2.88. The maximum atomic E-state index is 14.0. The number of benzene rings is 1. The Morgan fingerprint density at radius 1 is 1.18 bits per heavy atom. The van der Waals surface area contributed by atoms with Gasteiger partial charge in [0.25, 0.3) is 0 Å². The highest BCUT2D eigenvalue weighted by Gasteiger charge is 2.31. The number of nitrogen functional groups attached to an aromatic ring is 1. The van der Waals surface area contributed by atoms with E-state index in [1.54, 1.807) is 25.3 Å². The first-order valence-electron chi connectivity index (χ1n) is 8.79. The number of Topliss-reactive ketones (excluding diaryl/α,β-unsaturated/α-hetero) is 1. The Bertz CT molecular complexity index is 1090. The number of aromatic nitrogens is 4. The van der Waals surface area contributed by atoms with Crippen LogP contribution in [-0.2, 0) is 6.42 Å². The summed E-state index contributed by atoms with van der Waals surface area (Å²) in [5.41, 5.74) is 9.47. The standard InChI is InChI=1S/C20H18FN5O2/c1-10-18-16(25-19(22)24-10)7-11(8-17(18)27)13-4-3-12(21)9-14(13)15-5-6-23-20(26-15)28-2/h3-6,9,11H,7-8H2,1-2H3,(H2,22,24,25). The van der Waals surface area contributed by atoms with Gasteiger partial charge in [-0.25, -0.2) is 19.3 Å². The number of rotatable bonds is 3. The molecule has 0 fully saturated rings. The van der Waals surface area contributed by atoms with Gasteiger partial charge in [0.1, 0.15) is 5.82 Å². The van der Waals surface area contributed by atoms with Crippen molar-refractivity contribution in [3.63, 3.8) is 0 Å². The zero-order valence-electron chi connectivity index (χ0n) is 15.4. The van der Waals surface area contributed by atoms with Crippen LogP contribution in [0.1, 0.15) is 39.6 Å². The topological polar surface area (TPSA) is 104 Å². The summed E-state index contributed by atoms with van der Waals surface area (Å²) in [7, 11) is 1.47. The lowest BCUT2D eigenvalue weighted by atomic mass is 9.79. The molecule has 7 nitrogen and oxygen atoms in total. The molecule has 4 rings (SSSR count). The molecule has 0 radical (unpaired) electrons. The van der Waals surface area contributed by atoms with Gasteiger partial charge in [0.15, 0.2) is 5.78 Å². The molecule has 2 heterocycles. The van der Waals surface area contributed by atoms with Crippen LogP contribution in [-0.4, -0.2) is 32.8 Å². The number of carbonyl (C=O) groups is 1. The first-order valence-corrected chi connectivity index (χ1v) is 8.79. The van der Waals surface area contributed by atoms with Crippen molar-refractivity contribution in [2.45, 2.75) is 25.7 Å². The summed E-state index contributed by atoms with van der Waals surface area (Å²) in [6.45, 7) is 1.76. The number of ketones is 1. The van der Waals surface area contributed by atoms with Gasteiger partial charge >= 0.3 is 6.01 Å². The number of nitrogens with two attached hydrogens (primary N) is 1. The van der Waals surface area contributed by atoms with E-state index in [4.69, 9.17) is 10.5 Å². The second kappa shape index (κ2) is 6.95. The van der Waals surface area contributed by atoms with Crippen molar-refractivity contribution >= 4 is 11.7 Å². The van der Waals surface area contributed by atoms with Crippen LogP contribution >= 0.6 is 0 Å². The molecule has 8 heteroatoms. The second-order valence-corrected chi connectivity index (χ2v) is 6.68. The van der Waals surface area contributed by atoms with E-state index in [9.17, 15) is 9.18 Å². The average molecular weight is 379 g/mol. The molecule has 1 aromatic carbocycles. The van der Waals surface area contributed by atoms with E-state index in [1.165, 1.54) is 19.2 Å². The van der Waals surface area contributed by atoms with Crippen LogP contribution in [0.25, 0.3) is 11.3 Å². The average Bonchev–Trinajstić information content (AvgIpc) is 2.67. The second-order valence-electron chi connectivity index (χ2n) is 6.68. The van der Waals surface area contributed by atoms with Crippen LogP contribution in [0, 0.1) is 12.7 Å². The Morgan fingerprint density at radius 3 is 2.79 bits per heavy atom. The molecule has 28 heavy (non-hydrogen) atoms. The fraction of sp³-hybridized carbons (Fsp3) is 0.250. The fourth-order valence-corrected chi connectivity index (χ4v) is 3.71. The quantitative estimate of drug-likeness (QED) is 0.746. The molecule has 1 aliphatic carbocycles. The van der Waals surface area contributed by atoms with Gasteiger partial charge in [-0.05, 0) is 43.0 Å². The van der Waals surface area contributed by atoms with Gasteiger partial charge in [0.2, 0.25) is 5.95 Å². The molecular weight excluding hydrogens is 361 g/mol. The zero-order valence-corrected chi connectivity index (χ0v) is 15.4. The minimum Gasteiger partial charge on any atom is -0.467 e. The fourth-order valence-electron chi connectivity index (χ4n) is 3.71. The highest BCUT2D eigenvalue weighted by atomic mass is 19.1. The molecule has 142 valence electrons. The molecule has 0 saturated carbocycles. The maximum absolute atomic E-state index is 14.0. The molecule has 1 aliphatic rings. The van der Waals surface area contributed by atoms with Crippen LogP contribution in [0.2, 0.25) is 0 Å². The summed E-state index contributed by atoms with van der Waals surface area (Å²) >= 11 is 0. The Kier molecular flexibility index (Phi) is 4.46. The lowest BCUT2D eigenvalue weighted by Gasteiger charge is -2.26. The Morgan fingerprint density at radius 2 is 2.00 bits per heavy atom. The number of nitrogens with zero attached hydrogens (tertiary/aromatic N) is 4. The summed E-state index contributed by atoms with van der Waals surface area (Å²) in [6.07, 6.45) is 2.34. The van der Waals surface area contributed by atoms with Crippen molar-refractivity contribution in [2.75, 3.05) is 12.8 Å². The lowest BCUT2D eigenvalue weighted by Crippen LogP contribution is -2.23. The number of hydrogen-bond donors (Lipinski definition) is 1. The van der Waals surface area contributed by atoms with Crippen LogP contribution < -0.4 is 10.5 Å². The molecule has 0 spiro atoms. The largest absolute Gasteiger partial charge is 0.467 e. The lowest BCUT2D eigenvalue weighted by molar-refractivity contribution is 0.0962. The monoisotopic (exact) mass is 379 g/mol. The van der Waals surface area contributed by atoms with E-state index in [-0.39, 0.29) is 35.9 Å². The highest BCUT2D eigenvalue weighted by Crippen LogP contribution is 2.38. The van der Waals surface area contributed by atoms with E-state index in [0.717, 1.165) is 5.56 Å². The molecule has 0 bridgehead atoms. The number of anilines is 1. The molecule has 0 amide bonds. The van der Waals surface area contributed by atoms with Gasteiger partial charge in [-0.3, -0.25) is 4.79 Å². The Hall–Kier alpha value is -3.42.